The third-order valence-electron chi connectivity index (χ3n) is 4.49. The Morgan fingerprint density at radius 2 is 2.05 bits per heavy atom. The van der Waals surface area contributed by atoms with Gasteiger partial charge >= 0.3 is 0 Å². The van der Waals surface area contributed by atoms with Gasteiger partial charge in [-0.3, -0.25) is 0 Å². The van der Waals surface area contributed by atoms with Crippen molar-refractivity contribution in [2.24, 2.45) is 11.8 Å². The van der Waals surface area contributed by atoms with Gasteiger partial charge in [0.15, 0.2) is 0 Å². The van der Waals surface area contributed by atoms with Crippen LogP contribution in [0.4, 0.5) is 5.82 Å². The first-order valence-corrected chi connectivity index (χ1v) is 8.94. The lowest BCUT2D eigenvalue weighted by atomic mass is 9.78. The molecule has 2 atom stereocenters. The topological polar surface area (TPSA) is 37.8 Å². The van der Waals surface area contributed by atoms with Gasteiger partial charge in [0.2, 0.25) is 5.28 Å². The molecule has 0 aromatic carbocycles. The van der Waals surface area contributed by atoms with Gasteiger partial charge in [0, 0.05) is 10.9 Å². The monoisotopic (exact) mass is 323 g/mol. The average molecular weight is 324 g/mol. The summed E-state index contributed by atoms with van der Waals surface area (Å²) in [5.41, 5.74) is 0. The van der Waals surface area contributed by atoms with Crippen molar-refractivity contribution in [3.05, 3.63) is 16.2 Å². The molecule has 3 rings (SSSR count). The van der Waals surface area contributed by atoms with Crippen LogP contribution in [0.1, 0.15) is 44.4 Å². The molecule has 5 heteroatoms. The molecule has 1 saturated carbocycles. The van der Waals surface area contributed by atoms with Gasteiger partial charge in [0.25, 0.3) is 0 Å². The molecule has 0 aliphatic heterocycles. The predicted molar refractivity (Wildman–Crippen MR) is 91.4 cm³/mol. The number of anilines is 1. The first kappa shape index (κ1) is 15.0. The van der Waals surface area contributed by atoms with E-state index in [1.165, 1.54) is 30.6 Å². The molecule has 0 saturated heterocycles. The van der Waals surface area contributed by atoms with Crippen LogP contribution >= 0.6 is 22.9 Å². The van der Waals surface area contributed by atoms with Crippen LogP contribution in [-0.4, -0.2) is 16.0 Å². The molecule has 1 aliphatic carbocycles. The summed E-state index contributed by atoms with van der Waals surface area (Å²) >= 11 is 7.77. The molecule has 2 aromatic rings. The molecule has 2 unspecified atom stereocenters. The summed E-state index contributed by atoms with van der Waals surface area (Å²) in [4.78, 5) is 11.0. The maximum atomic E-state index is 6.09. The minimum absolute atomic E-state index is 0.337. The first-order valence-electron chi connectivity index (χ1n) is 7.75. The summed E-state index contributed by atoms with van der Waals surface area (Å²) in [5.74, 6) is 2.31. The predicted octanol–water partition coefficient (Wildman–Crippen LogP) is 5.28. The smallest absolute Gasteiger partial charge is 0.225 e. The molecule has 0 spiro atoms. The second-order valence-corrected chi connectivity index (χ2v) is 7.93. The van der Waals surface area contributed by atoms with Crippen LogP contribution in [-0.2, 0) is 0 Å². The zero-order valence-corrected chi connectivity index (χ0v) is 14.4. The Morgan fingerprint density at radius 1 is 1.29 bits per heavy atom. The van der Waals surface area contributed by atoms with Gasteiger partial charge in [-0.15, -0.1) is 11.3 Å². The zero-order valence-electron chi connectivity index (χ0n) is 12.8. The second-order valence-electron chi connectivity index (χ2n) is 6.36. The molecule has 2 heterocycles. The number of halogens is 1. The molecule has 21 heavy (non-hydrogen) atoms. The van der Waals surface area contributed by atoms with E-state index in [2.05, 4.69) is 42.1 Å². The molecular formula is C16H22ClN3S. The summed E-state index contributed by atoms with van der Waals surface area (Å²) < 4.78 is 0. The van der Waals surface area contributed by atoms with Crippen LogP contribution < -0.4 is 5.32 Å². The van der Waals surface area contributed by atoms with Crippen molar-refractivity contribution in [3.63, 3.8) is 0 Å². The highest BCUT2D eigenvalue weighted by molar-refractivity contribution is 7.18. The lowest BCUT2D eigenvalue weighted by Gasteiger charge is -2.35. The highest BCUT2D eigenvalue weighted by Gasteiger charge is 2.28. The Morgan fingerprint density at radius 3 is 2.81 bits per heavy atom. The number of hydrogen-bond acceptors (Lipinski definition) is 4. The van der Waals surface area contributed by atoms with Crippen molar-refractivity contribution >= 4 is 39.0 Å². The number of nitrogens with zero attached hydrogens (tertiary/aromatic N) is 2. The van der Waals surface area contributed by atoms with Crippen LogP contribution in [0, 0.1) is 18.8 Å². The van der Waals surface area contributed by atoms with E-state index in [0.29, 0.717) is 23.2 Å². The maximum absolute atomic E-state index is 6.09. The zero-order chi connectivity index (χ0) is 15.0. The molecule has 1 N–H and O–H groups in total. The van der Waals surface area contributed by atoms with Crippen LogP contribution in [0.2, 0.25) is 5.28 Å². The number of aryl methyl sites for hydroxylation is 1. The largest absolute Gasteiger partial charge is 0.366 e. The third kappa shape index (κ3) is 3.16. The fourth-order valence-electron chi connectivity index (χ4n) is 3.44. The molecule has 0 amide bonds. The maximum Gasteiger partial charge on any atom is 0.225 e. The molecular weight excluding hydrogens is 302 g/mol. The van der Waals surface area contributed by atoms with E-state index in [1.807, 2.05) is 0 Å². The average Bonchev–Trinajstić information content (AvgIpc) is 2.79. The molecule has 1 aliphatic rings. The summed E-state index contributed by atoms with van der Waals surface area (Å²) in [5, 5.41) is 5.12. The minimum Gasteiger partial charge on any atom is -0.366 e. The molecule has 3 nitrogen and oxygen atoms in total. The van der Waals surface area contributed by atoms with E-state index < -0.39 is 0 Å². The normalized spacial score (nSPS) is 22.9. The van der Waals surface area contributed by atoms with Crippen LogP contribution in [0.5, 0.6) is 0 Å². The van der Waals surface area contributed by atoms with E-state index in [0.717, 1.165) is 16.0 Å². The molecule has 0 bridgehead atoms. The summed E-state index contributed by atoms with van der Waals surface area (Å²) in [6.45, 7) is 6.74. The van der Waals surface area contributed by atoms with E-state index in [1.54, 1.807) is 11.3 Å². The van der Waals surface area contributed by atoms with Crippen LogP contribution in [0.3, 0.4) is 0 Å². The number of fused-ring (bicyclic) bond motifs is 1. The van der Waals surface area contributed by atoms with Crippen molar-refractivity contribution in [1.82, 2.24) is 9.97 Å². The Bertz CT molecular complexity index is 638. The molecule has 0 radical (unpaired) electrons. The SMILES string of the molecule is Cc1cc2c(NC3CCCCC3C(C)C)nc(Cl)nc2s1. The van der Waals surface area contributed by atoms with Gasteiger partial charge in [-0.25, -0.2) is 9.97 Å². The standard InChI is InChI=1S/C16H22ClN3S/c1-9(2)11-6-4-5-7-13(11)18-14-12-8-10(3)21-15(12)20-16(17)19-14/h8-9,11,13H,4-7H2,1-3H3,(H,18,19,20). The summed E-state index contributed by atoms with van der Waals surface area (Å²) in [7, 11) is 0. The second kappa shape index (κ2) is 6.09. The summed E-state index contributed by atoms with van der Waals surface area (Å²) in [6, 6.07) is 2.65. The fourth-order valence-corrected chi connectivity index (χ4v) is 4.54. The van der Waals surface area contributed by atoms with Crippen molar-refractivity contribution in [1.29, 1.82) is 0 Å². The van der Waals surface area contributed by atoms with Crippen LogP contribution in [0.15, 0.2) is 6.07 Å². The first-order chi connectivity index (χ1) is 10.0. The van der Waals surface area contributed by atoms with Crippen molar-refractivity contribution in [3.8, 4) is 0 Å². The van der Waals surface area contributed by atoms with E-state index in [9.17, 15) is 0 Å². The van der Waals surface area contributed by atoms with E-state index in [4.69, 9.17) is 11.6 Å². The number of nitrogens with one attached hydrogen (secondary N) is 1. The molecule has 1 fully saturated rings. The highest BCUT2D eigenvalue weighted by atomic mass is 35.5. The van der Waals surface area contributed by atoms with Gasteiger partial charge in [-0.2, -0.15) is 0 Å². The van der Waals surface area contributed by atoms with Gasteiger partial charge in [0.05, 0.1) is 5.39 Å². The minimum atomic E-state index is 0.337. The Labute approximate surface area is 135 Å². The lowest BCUT2D eigenvalue weighted by Crippen LogP contribution is -2.35. The number of rotatable bonds is 3. The third-order valence-corrected chi connectivity index (χ3v) is 5.60. The lowest BCUT2D eigenvalue weighted by molar-refractivity contribution is 0.253. The van der Waals surface area contributed by atoms with Crippen LogP contribution in [0.25, 0.3) is 10.2 Å². The van der Waals surface area contributed by atoms with E-state index >= 15 is 0 Å². The fraction of sp³-hybridized carbons (Fsp3) is 0.625. The quantitative estimate of drug-likeness (QED) is 0.781. The van der Waals surface area contributed by atoms with E-state index in [-0.39, 0.29) is 0 Å². The number of hydrogen-bond donors (Lipinski definition) is 1. The van der Waals surface area contributed by atoms with Crippen molar-refractivity contribution in [2.75, 3.05) is 5.32 Å². The Kier molecular flexibility index (Phi) is 4.36. The van der Waals surface area contributed by atoms with Crippen molar-refractivity contribution in [2.45, 2.75) is 52.5 Å². The highest BCUT2D eigenvalue weighted by Crippen LogP contribution is 2.35. The van der Waals surface area contributed by atoms with Gasteiger partial charge in [-0.05, 0) is 49.3 Å². The molecule has 2 aromatic heterocycles. The number of thiophene rings is 1. The van der Waals surface area contributed by atoms with Gasteiger partial charge in [-0.1, -0.05) is 26.7 Å². The van der Waals surface area contributed by atoms with Gasteiger partial charge < -0.3 is 5.32 Å². The molecule has 114 valence electrons. The summed E-state index contributed by atoms with van der Waals surface area (Å²) in [6.07, 6.45) is 5.17. The Hall–Kier alpha value is -0.870. The number of aromatic nitrogens is 2. The Balaban J connectivity index is 1.93. The van der Waals surface area contributed by atoms with Gasteiger partial charge in [0.1, 0.15) is 10.6 Å². The van der Waals surface area contributed by atoms with Crippen molar-refractivity contribution < 1.29 is 0 Å².